The van der Waals surface area contributed by atoms with Gasteiger partial charge in [-0.25, -0.2) is 79.0 Å². The van der Waals surface area contributed by atoms with Gasteiger partial charge in [-0.3, -0.25) is 0 Å². The van der Waals surface area contributed by atoms with Crippen molar-refractivity contribution in [1.82, 2.24) is 0 Å². The molecule has 13 rings (SSSR count). The van der Waals surface area contributed by atoms with E-state index in [0.29, 0.717) is 6.92 Å². The zero-order valence-corrected chi connectivity index (χ0v) is 72.1. The molecule has 0 radical (unpaired) electrons. The van der Waals surface area contributed by atoms with Crippen LogP contribution in [0.15, 0.2) is 77.4 Å². The monoisotopic (exact) mass is 2110 g/mol. The lowest BCUT2D eigenvalue weighted by Gasteiger charge is -2.45. The van der Waals surface area contributed by atoms with Crippen LogP contribution >= 0.6 is 55.7 Å². The van der Waals surface area contributed by atoms with Gasteiger partial charge in [0.1, 0.15) is 126 Å². The van der Waals surface area contributed by atoms with Crippen molar-refractivity contribution >= 4 is 87.2 Å². The number of nitrogens with zero attached hydrogens (tertiary/aromatic N) is 14. The third-order valence-corrected chi connectivity index (χ3v) is 26.8. The summed E-state index contributed by atoms with van der Waals surface area (Å²) in [5.41, 5.74) is -51.2. The Balaban J connectivity index is 0.000000205. The van der Waals surface area contributed by atoms with Crippen LogP contribution in [0.2, 0.25) is 0 Å². The third-order valence-electron chi connectivity index (χ3n) is 21.7. The first-order chi connectivity index (χ1) is 65.3. The Morgan fingerprint density at radius 2 is 0.437 bits per heavy atom. The van der Waals surface area contributed by atoms with Gasteiger partial charge >= 0.3 is 54.4 Å². The number of alkyl halides is 9. The molecule has 0 spiro atoms. The predicted molar refractivity (Wildman–Crippen MR) is 426 cm³/mol. The summed E-state index contributed by atoms with van der Waals surface area (Å²) in [7, 11) is -22.8. The molecule has 56 heteroatoms. The fourth-order valence-electron chi connectivity index (χ4n) is 16.6. The van der Waals surface area contributed by atoms with Gasteiger partial charge in [0.05, 0.1) is 39.0 Å². The molecule has 0 bridgehead atoms. The van der Waals surface area contributed by atoms with Crippen molar-refractivity contribution in [2.24, 2.45) is 0 Å². The molecule has 7 aromatic rings. The average Bonchev–Trinajstić information content (AvgIpc) is 1.43. The van der Waals surface area contributed by atoms with Gasteiger partial charge in [-0.15, -0.1) is 0 Å². The van der Waals surface area contributed by atoms with Crippen LogP contribution in [0.1, 0.15) is 65.3 Å². The molecule has 0 saturated heterocycles. The molecule has 0 atom stereocenters. The van der Waals surface area contributed by atoms with Crippen molar-refractivity contribution in [1.29, 1.82) is 42.1 Å². The van der Waals surface area contributed by atoms with Crippen LogP contribution in [0.25, 0.3) is 105 Å². The second-order valence-corrected chi connectivity index (χ2v) is 37.1. The second kappa shape index (κ2) is 34.9. The average molecular weight is 2110 g/mol. The number of thioether (sulfide) groups is 3. The molecule has 6 aliphatic carbocycles. The summed E-state index contributed by atoms with van der Waals surface area (Å²) in [6.45, 7) is 45.9. The second-order valence-electron chi connectivity index (χ2n) is 29.2. The minimum absolute atomic E-state index is 0.376. The molecule has 0 aliphatic heterocycles. The molecule has 0 aromatic heterocycles. The number of rotatable bonds is 9. The fraction of sp³-hybridized carbons (Fsp3) is 0.140. The largest absolute Gasteiger partial charge is 0.523 e. The van der Waals surface area contributed by atoms with Gasteiger partial charge in [0.15, 0.2) is 93.1 Å². The maximum absolute atomic E-state index is 15.9. The summed E-state index contributed by atoms with van der Waals surface area (Å²) in [5.74, 6) is -47.6. The maximum Gasteiger partial charge on any atom is 0.523 e. The standard InChI is InChI=1S/C34H7F11N6S.C32H7F13N4S.C20H7F13N4S3/c1-10-12(33(50-2)51-3)4-14-18(10)19(22-28(39)24(35)16(8-48)25(36)29(22)40)15-5-13(11(6-46)7-47)32(52-34(43,44)45)21(15)20(14)23-30(41)26(37)17(9-49)27(38)31(23)42;1-8-10(31(48-2)49-3)4-12-14(8)15(18-20(33)24(37)28(41)25(38)21(18)34)13-5-11(9(6-46)7-47)30(50-32(43,44)45)17(13)16(12)19-22(35)26(39)29(42)27(40)23(19)36;1-8-10(19(36-2)37-3)4-12-14(8)17(39(24,25,26,27)28)13-5-11(9(6-34)7-35)16(38-20(21,22)23)15(13)18(12)40(29,30,31,32)33/h4-5H2,1H3;4-5H2,1H3;4-5H2,1H3. The lowest BCUT2D eigenvalue weighted by Crippen LogP contribution is -2.34. The Labute approximate surface area is 778 Å². The summed E-state index contributed by atoms with van der Waals surface area (Å²) in [6.07, 6.45) is -8.07. The van der Waals surface area contributed by atoms with Crippen molar-refractivity contribution in [2.45, 2.75) is 85.6 Å². The van der Waals surface area contributed by atoms with Gasteiger partial charge in [0, 0.05) is 66.0 Å². The number of halogens is 37. The minimum Gasteiger partial charge on any atom is -0.203 e. The van der Waals surface area contributed by atoms with Crippen molar-refractivity contribution < 1.29 is 157 Å². The fourth-order valence-corrected chi connectivity index (χ4v) is 21.8. The van der Waals surface area contributed by atoms with E-state index in [0.717, 1.165) is 38.1 Å². The normalized spacial score (nSPS) is 14.8. The molecule has 724 valence electrons. The van der Waals surface area contributed by atoms with Crippen LogP contribution in [0.3, 0.4) is 0 Å². The van der Waals surface area contributed by atoms with Crippen molar-refractivity contribution in [3.8, 4) is 93.1 Å². The first-order valence-corrected chi connectivity index (χ1v) is 42.8. The van der Waals surface area contributed by atoms with Crippen LogP contribution in [-0.2, 0) is 38.5 Å². The molecule has 0 unspecified atom stereocenters. The van der Waals surface area contributed by atoms with Crippen LogP contribution < -0.4 is 31.3 Å². The van der Waals surface area contributed by atoms with Gasteiger partial charge in [-0.1, -0.05) is 38.9 Å². The third kappa shape index (κ3) is 17.6. The summed E-state index contributed by atoms with van der Waals surface area (Å²) in [5, 5.41) is 66.2. The Morgan fingerprint density at radius 1 is 0.254 bits per heavy atom. The Hall–Kier alpha value is -15.8. The Bertz CT molecular complexity index is 8370. The van der Waals surface area contributed by atoms with Gasteiger partial charge in [-0.05, 0) is 164 Å². The highest BCUT2D eigenvalue weighted by atomic mass is 32.5. The van der Waals surface area contributed by atoms with E-state index in [1.54, 1.807) is 0 Å². The zero-order valence-electron chi connectivity index (χ0n) is 68.0. The molecular formula is C86H21F37N14S5. The number of hydrogen-bond donors (Lipinski definition) is 0. The van der Waals surface area contributed by atoms with Crippen LogP contribution in [0.4, 0.5) is 157 Å². The molecule has 0 heterocycles. The molecule has 0 N–H and O–H groups in total. The van der Waals surface area contributed by atoms with E-state index in [4.69, 9.17) is 60.5 Å². The van der Waals surface area contributed by atoms with Crippen LogP contribution in [0, 0.1) is 235 Å². The number of hydrogen-bond acceptors (Lipinski definition) is 11. The van der Waals surface area contributed by atoms with Crippen molar-refractivity contribution in [2.75, 3.05) is 0 Å². The number of fused-ring (bicyclic) bond motifs is 6. The lowest BCUT2D eigenvalue weighted by molar-refractivity contribution is -0.0327. The van der Waals surface area contributed by atoms with E-state index in [2.05, 4.69) is 29.1 Å². The van der Waals surface area contributed by atoms with Crippen LogP contribution in [0.5, 0.6) is 0 Å². The van der Waals surface area contributed by atoms with E-state index in [9.17, 15) is 126 Å². The van der Waals surface area contributed by atoms with E-state index in [1.807, 2.05) is 0 Å². The summed E-state index contributed by atoms with van der Waals surface area (Å²) >= 11 is -3.99. The van der Waals surface area contributed by atoms with Crippen molar-refractivity contribution in [3.63, 3.8) is 0 Å². The number of benzene rings is 7. The van der Waals surface area contributed by atoms with E-state index < -0.39 is 439 Å². The number of allylic oxidation sites excluding steroid dienone is 6. The molecule has 0 saturated carbocycles. The first kappa shape index (κ1) is 107. The molecular weight excluding hydrogens is 2090 g/mol. The highest BCUT2D eigenvalue weighted by Crippen LogP contribution is 3.04. The quantitative estimate of drug-likeness (QED) is 0.0435. The maximum atomic E-state index is 15.9. The summed E-state index contributed by atoms with van der Waals surface area (Å²) < 4.78 is 544. The Morgan fingerprint density at radius 3 is 0.662 bits per heavy atom. The summed E-state index contributed by atoms with van der Waals surface area (Å²) in [6, 6.07) is 8.79. The van der Waals surface area contributed by atoms with E-state index in [1.165, 1.54) is 24.3 Å². The molecule has 0 fully saturated rings. The molecule has 7 aromatic carbocycles. The minimum atomic E-state index is -11.4. The van der Waals surface area contributed by atoms with Crippen LogP contribution in [-0.4, -0.2) is 16.5 Å². The molecule has 0 amide bonds. The SMILES string of the molecule is [C-]#[N+]C([N+]#[C-])=C1Cc2c(-c3c(F)c(F)c(C#N)c(F)c3F)c3c(c(-c4c(F)c(F)c(C#N)c(F)c4F)c2=C1C)CC(=C(C#N)C#N)C=3SC(F)(F)F.[C-]#[N+]C([N+]#[C-])=C1Cc2c(-c3c(F)c(F)c(F)c(F)c3F)c3c(c(-c4c(F)c(F)c(F)c(F)c4F)c2=C1C)CC(=C(C#N)C#N)C=3SC(F)(F)F.[C-]#[N+]C([N+]#[C-])=C1Cc2c(S(F)(F)(F)(F)F)c3c(c(S(F)(F)(F)(F)F)c2=C1C)CC(=C(C#N)C#N)C=3SC(F)(F)F. The topological polar surface area (TPSA) is 216 Å². The smallest absolute Gasteiger partial charge is 0.203 e. The van der Waals surface area contributed by atoms with Crippen molar-refractivity contribution in [3.05, 3.63) is 317 Å². The van der Waals surface area contributed by atoms with Gasteiger partial charge in [-0.2, -0.15) is 111 Å². The van der Waals surface area contributed by atoms with E-state index in [-0.39, 0.29) is 5.57 Å². The molecule has 14 nitrogen and oxygen atoms in total. The molecule has 6 aliphatic rings. The Kier molecular flexibility index (Phi) is 26.2. The number of nitriles is 8. The lowest BCUT2D eigenvalue weighted by atomic mass is 9.85. The predicted octanol–water partition coefficient (Wildman–Crippen LogP) is 25.4. The van der Waals surface area contributed by atoms with Gasteiger partial charge in [0.25, 0.3) is 0 Å². The highest BCUT2D eigenvalue weighted by molar-refractivity contribution is 8.46. The van der Waals surface area contributed by atoms with Gasteiger partial charge < -0.3 is 0 Å². The summed E-state index contributed by atoms with van der Waals surface area (Å²) in [4.78, 5) is 5.79. The highest BCUT2D eigenvalue weighted by Gasteiger charge is 2.73. The van der Waals surface area contributed by atoms with E-state index >= 15 is 52.7 Å². The first-order valence-electron chi connectivity index (χ1n) is 36.5. The van der Waals surface area contributed by atoms with Gasteiger partial charge in [0.2, 0.25) is 11.6 Å². The molecule has 142 heavy (non-hydrogen) atoms. The zero-order chi connectivity index (χ0) is 107.